The van der Waals surface area contributed by atoms with E-state index in [1.54, 1.807) is 23.1 Å². The normalized spacial score (nSPS) is 16.3. The van der Waals surface area contributed by atoms with Crippen molar-refractivity contribution in [3.05, 3.63) is 59.7 Å². The molecule has 1 unspecified atom stereocenters. The van der Waals surface area contributed by atoms with Crippen molar-refractivity contribution in [3.8, 4) is 5.75 Å². The van der Waals surface area contributed by atoms with Crippen LogP contribution in [-0.2, 0) is 4.79 Å². The molecule has 0 spiro atoms. The van der Waals surface area contributed by atoms with Crippen molar-refractivity contribution in [2.45, 2.75) is 6.04 Å². The maximum absolute atomic E-state index is 14.1. The number of halogens is 2. The average Bonchev–Trinajstić information content (AvgIpc) is 2.64. The zero-order chi connectivity index (χ0) is 18.7. The number of carboxylic acids is 1. The minimum atomic E-state index is -1.08. The number of nitrogens with zero attached hydrogens (tertiary/aromatic N) is 2. The first kappa shape index (κ1) is 18.1. The molecule has 1 aliphatic heterocycles. The van der Waals surface area contributed by atoms with E-state index in [0.717, 1.165) is 5.69 Å². The van der Waals surface area contributed by atoms with Crippen LogP contribution in [0, 0.1) is 11.6 Å². The van der Waals surface area contributed by atoms with Crippen LogP contribution in [0.25, 0.3) is 0 Å². The fraction of sp³-hybridized carbons (Fsp3) is 0.316. The maximum atomic E-state index is 14.1. The summed E-state index contributed by atoms with van der Waals surface area (Å²) in [7, 11) is 1.41. The van der Waals surface area contributed by atoms with Gasteiger partial charge in [0, 0.05) is 43.5 Å². The predicted octanol–water partition coefficient (Wildman–Crippen LogP) is 2.92. The molecule has 0 aromatic heterocycles. The van der Waals surface area contributed by atoms with Crippen LogP contribution >= 0.6 is 0 Å². The highest BCUT2D eigenvalue weighted by atomic mass is 19.1. The summed E-state index contributed by atoms with van der Waals surface area (Å²) in [6.45, 7) is 2.00. The van der Waals surface area contributed by atoms with Gasteiger partial charge in [0.25, 0.3) is 0 Å². The molecule has 1 heterocycles. The Morgan fingerprint density at radius 3 is 2.38 bits per heavy atom. The fourth-order valence-corrected chi connectivity index (χ4v) is 3.27. The molecular weight excluding hydrogens is 342 g/mol. The lowest BCUT2D eigenvalue weighted by molar-refractivity contribution is -0.143. The number of hydrogen-bond donors (Lipinski definition) is 1. The van der Waals surface area contributed by atoms with Crippen molar-refractivity contribution < 1.29 is 23.4 Å². The number of methoxy groups -OCH3 is 1. The summed E-state index contributed by atoms with van der Waals surface area (Å²) in [6.07, 6.45) is 0. The maximum Gasteiger partial charge on any atom is 0.325 e. The molecular formula is C19H20F2N2O3. The highest BCUT2D eigenvalue weighted by Crippen LogP contribution is 2.28. The number of hydrogen-bond acceptors (Lipinski definition) is 4. The topological polar surface area (TPSA) is 53.0 Å². The molecule has 2 aromatic carbocycles. The Bertz CT molecular complexity index is 792. The van der Waals surface area contributed by atoms with Crippen LogP contribution < -0.4 is 9.64 Å². The van der Waals surface area contributed by atoms with Crippen LogP contribution in [-0.4, -0.2) is 49.3 Å². The minimum Gasteiger partial charge on any atom is -0.494 e. The Labute approximate surface area is 150 Å². The van der Waals surface area contributed by atoms with Crippen molar-refractivity contribution in [1.29, 1.82) is 0 Å². The Morgan fingerprint density at radius 2 is 1.77 bits per heavy atom. The lowest BCUT2D eigenvalue weighted by Crippen LogP contribution is -2.49. The second-order valence-corrected chi connectivity index (χ2v) is 6.10. The number of piperazine rings is 1. The second-order valence-electron chi connectivity index (χ2n) is 6.10. The quantitative estimate of drug-likeness (QED) is 0.886. The smallest absolute Gasteiger partial charge is 0.325 e. The fourth-order valence-electron chi connectivity index (χ4n) is 3.27. The molecule has 2 aromatic rings. The lowest BCUT2D eigenvalue weighted by atomic mass is 10.0. The monoisotopic (exact) mass is 362 g/mol. The van der Waals surface area contributed by atoms with Crippen LogP contribution in [0.3, 0.4) is 0 Å². The van der Waals surface area contributed by atoms with Crippen LogP contribution in [0.1, 0.15) is 11.6 Å². The van der Waals surface area contributed by atoms with E-state index in [1.807, 2.05) is 4.90 Å². The van der Waals surface area contributed by atoms with Gasteiger partial charge in [-0.15, -0.1) is 0 Å². The van der Waals surface area contributed by atoms with E-state index in [1.165, 1.54) is 31.4 Å². The number of aliphatic carboxylic acids is 1. The average molecular weight is 362 g/mol. The first-order valence-electron chi connectivity index (χ1n) is 8.31. The molecule has 0 amide bonds. The van der Waals surface area contributed by atoms with E-state index < -0.39 is 23.6 Å². The first-order valence-corrected chi connectivity index (χ1v) is 8.31. The lowest BCUT2D eigenvalue weighted by Gasteiger charge is -2.39. The Kier molecular flexibility index (Phi) is 5.37. The summed E-state index contributed by atoms with van der Waals surface area (Å²) in [4.78, 5) is 15.5. The van der Waals surface area contributed by atoms with Crippen molar-refractivity contribution >= 4 is 11.7 Å². The Morgan fingerprint density at radius 1 is 1.08 bits per heavy atom. The number of benzene rings is 2. The van der Waals surface area contributed by atoms with Crippen LogP contribution in [0.4, 0.5) is 14.5 Å². The van der Waals surface area contributed by atoms with Gasteiger partial charge in [-0.05, 0) is 18.2 Å². The number of ether oxygens (including phenoxy) is 1. The molecule has 3 rings (SSSR count). The molecule has 26 heavy (non-hydrogen) atoms. The van der Waals surface area contributed by atoms with Crippen molar-refractivity contribution in [1.82, 2.24) is 4.90 Å². The first-order chi connectivity index (χ1) is 12.5. The van der Waals surface area contributed by atoms with Gasteiger partial charge in [-0.1, -0.05) is 18.2 Å². The van der Waals surface area contributed by atoms with E-state index in [9.17, 15) is 18.7 Å². The van der Waals surface area contributed by atoms with Gasteiger partial charge in [-0.3, -0.25) is 9.69 Å². The Hall–Kier alpha value is -2.67. The van der Waals surface area contributed by atoms with Gasteiger partial charge in [-0.25, -0.2) is 8.78 Å². The summed E-state index contributed by atoms with van der Waals surface area (Å²) in [5.41, 5.74) is 0.970. The molecule has 0 aliphatic carbocycles. The number of rotatable bonds is 5. The second kappa shape index (κ2) is 7.70. The summed E-state index contributed by atoms with van der Waals surface area (Å²) in [5.74, 6) is -1.86. The Balaban J connectivity index is 1.74. The van der Waals surface area contributed by atoms with E-state index in [-0.39, 0.29) is 11.3 Å². The largest absolute Gasteiger partial charge is 0.494 e. The van der Waals surface area contributed by atoms with E-state index in [4.69, 9.17) is 4.74 Å². The van der Waals surface area contributed by atoms with Crippen molar-refractivity contribution in [2.24, 2.45) is 0 Å². The molecule has 0 radical (unpaired) electrons. The molecule has 1 N–H and O–H groups in total. The van der Waals surface area contributed by atoms with Gasteiger partial charge in [0.05, 0.1) is 7.11 Å². The standard InChI is InChI=1S/C19H20F2N2O3/c1-26-17-12-13(6-7-16(17)21)22-8-10-23(11-9-22)18(19(24)25)14-4-2-3-5-15(14)20/h2-7,12,18H,8-11H2,1H3,(H,24,25). The van der Waals surface area contributed by atoms with Gasteiger partial charge in [0.1, 0.15) is 11.9 Å². The molecule has 1 fully saturated rings. The van der Waals surface area contributed by atoms with Crippen LogP contribution in [0.2, 0.25) is 0 Å². The van der Waals surface area contributed by atoms with Crippen LogP contribution in [0.5, 0.6) is 5.75 Å². The van der Waals surface area contributed by atoms with Gasteiger partial charge >= 0.3 is 5.97 Å². The number of carboxylic acid groups (broad SMARTS) is 1. The van der Waals surface area contributed by atoms with Crippen molar-refractivity contribution in [2.75, 3.05) is 38.2 Å². The molecule has 0 saturated carbocycles. The molecule has 1 aliphatic rings. The summed E-state index contributed by atoms with van der Waals surface area (Å²) in [6, 6.07) is 9.56. The number of carbonyl (C=O) groups is 1. The van der Waals surface area contributed by atoms with Crippen LogP contribution in [0.15, 0.2) is 42.5 Å². The van der Waals surface area contributed by atoms with E-state index in [2.05, 4.69) is 0 Å². The minimum absolute atomic E-state index is 0.164. The highest BCUT2D eigenvalue weighted by Gasteiger charge is 2.32. The van der Waals surface area contributed by atoms with Gasteiger partial charge in [-0.2, -0.15) is 0 Å². The number of anilines is 1. The third-order valence-electron chi connectivity index (χ3n) is 4.61. The summed E-state index contributed by atoms with van der Waals surface area (Å²) in [5, 5.41) is 9.61. The molecule has 0 bridgehead atoms. The van der Waals surface area contributed by atoms with Crippen molar-refractivity contribution in [3.63, 3.8) is 0 Å². The highest BCUT2D eigenvalue weighted by molar-refractivity contribution is 5.75. The molecule has 1 atom stereocenters. The van der Waals surface area contributed by atoms with Gasteiger partial charge in [0.2, 0.25) is 0 Å². The van der Waals surface area contributed by atoms with Gasteiger partial charge in [0.15, 0.2) is 11.6 Å². The third-order valence-corrected chi connectivity index (χ3v) is 4.61. The molecule has 7 heteroatoms. The third kappa shape index (κ3) is 3.62. The SMILES string of the molecule is COc1cc(N2CCN(C(C(=O)O)c3ccccc3F)CC2)ccc1F. The van der Waals surface area contributed by atoms with Gasteiger partial charge < -0.3 is 14.7 Å². The van der Waals surface area contributed by atoms with E-state index in [0.29, 0.717) is 26.2 Å². The van der Waals surface area contributed by atoms with E-state index >= 15 is 0 Å². The predicted molar refractivity (Wildman–Crippen MR) is 93.5 cm³/mol. The molecule has 5 nitrogen and oxygen atoms in total. The molecule has 138 valence electrons. The zero-order valence-corrected chi connectivity index (χ0v) is 14.4. The summed E-state index contributed by atoms with van der Waals surface area (Å²) < 4.78 is 32.6. The summed E-state index contributed by atoms with van der Waals surface area (Å²) >= 11 is 0. The zero-order valence-electron chi connectivity index (χ0n) is 14.4. The molecule has 1 saturated heterocycles.